The Hall–Kier alpha value is -0.570. The Labute approximate surface area is 86.1 Å². The fourth-order valence-corrected chi connectivity index (χ4v) is 2.35. The number of carbonyl (C=O) groups excluding carboxylic acids is 1. The van der Waals surface area contributed by atoms with Crippen molar-refractivity contribution in [3.05, 3.63) is 0 Å². The molecule has 0 bridgehead atoms. The van der Waals surface area contributed by atoms with Gasteiger partial charge in [0.1, 0.15) is 0 Å². The van der Waals surface area contributed by atoms with Gasteiger partial charge < -0.3 is 4.90 Å². The molecule has 2 rings (SSSR count). The number of rotatable bonds is 2. The standard InChI is InChI=1S/C11H20N2O/c14-11-6-2-5-9-13(11)10-12-7-3-1-4-8-12/h1-10H2. The minimum Gasteiger partial charge on any atom is -0.330 e. The summed E-state index contributed by atoms with van der Waals surface area (Å²) in [6.45, 7) is 4.24. The first kappa shape index (κ1) is 9.97. The largest absolute Gasteiger partial charge is 0.330 e. The van der Waals surface area contributed by atoms with Crippen molar-refractivity contribution >= 4 is 5.91 Å². The van der Waals surface area contributed by atoms with E-state index in [2.05, 4.69) is 4.90 Å². The van der Waals surface area contributed by atoms with Gasteiger partial charge >= 0.3 is 0 Å². The van der Waals surface area contributed by atoms with Crippen LogP contribution in [0, 0.1) is 0 Å². The SMILES string of the molecule is O=C1CCCCN1CN1CCCCC1. The van der Waals surface area contributed by atoms with Crippen LogP contribution in [0.3, 0.4) is 0 Å². The van der Waals surface area contributed by atoms with Crippen LogP contribution >= 0.6 is 0 Å². The number of nitrogens with zero attached hydrogens (tertiary/aromatic N) is 2. The Balaban J connectivity index is 1.79. The molecule has 0 atom stereocenters. The number of carbonyl (C=O) groups is 1. The molecule has 0 aromatic heterocycles. The monoisotopic (exact) mass is 196 g/mol. The maximum atomic E-state index is 11.6. The minimum atomic E-state index is 0.363. The van der Waals surface area contributed by atoms with Crippen molar-refractivity contribution in [3.63, 3.8) is 0 Å². The van der Waals surface area contributed by atoms with E-state index in [-0.39, 0.29) is 0 Å². The van der Waals surface area contributed by atoms with Gasteiger partial charge in [0.15, 0.2) is 0 Å². The Morgan fingerprint density at radius 2 is 1.64 bits per heavy atom. The molecule has 0 spiro atoms. The van der Waals surface area contributed by atoms with Gasteiger partial charge in [-0.05, 0) is 38.8 Å². The second-order valence-corrected chi connectivity index (χ2v) is 4.43. The van der Waals surface area contributed by atoms with Crippen molar-refractivity contribution in [2.24, 2.45) is 0 Å². The van der Waals surface area contributed by atoms with Crippen molar-refractivity contribution in [1.29, 1.82) is 0 Å². The van der Waals surface area contributed by atoms with Gasteiger partial charge in [0.25, 0.3) is 0 Å². The van der Waals surface area contributed by atoms with Crippen LogP contribution in [-0.2, 0) is 4.79 Å². The molecule has 0 saturated carbocycles. The van der Waals surface area contributed by atoms with E-state index in [1.807, 2.05) is 4.90 Å². The number of amides is 1. The summed E-state index contributed by atoms with van der Waals surface area (Å²) >= 11 is 0. The Morgan fingerprint density at radius 3 is 2.36 bits per heavy atom. The molecule has 2 aliphatic rings. The summed E-state index contributed by atoms with van der Waals surface area (Å²) in [5.74, 6) is 0.363. The van der Waals surface area contributed by atoms with E-state index in [1.165, 1.54) is 38.8 Å². The molecule has 2 heterocycles. The van der Waals surface area contributed by atoms with E-state index in [0.717, 1.165) is 26.1 Å². The predicted octanol–water partition coefficient (Wildman–Crippen LogP) is 1.44. The van der Waals surface area contributed by atoms with Crippen LogP contribution in [0.4, 0.5) is 0 Å². The zero-order valence-electron chi connectivity index (χ0n) is 8.87. The number of likely N-dealkylation sites (tertiary alicyclic amines) is 2. The first-order valence-corrected chi connectivity index (χ1v) is 5.86. The third-order valence-electron chi connectivity index (χ3n) is 3.24. The van der Waals surface area contributed by atoms with E-state index >= 15 is 0 Å². The summed E-state index contributed by atoms with van der Waals surface area (Å²) < 4.78 is 0. The zero-order valence-corrected chi connectivity index (χ0v) is 8.87. The van der Waals surface area contributed by atoms with Crippen molar-refractivity contribution in [2.45, 2.75) is 38.5 Å². The van der Waals surface area contributed by atoms with Crippen LogP contribution < -0.4 is 0 Å². The van der Waals surface area contributed by atoms with Crippen molar-refractivity contribution < 1.29 is 4.79 Å². The summed E-state index contributed by atoms with van der Waals surface area (Å²) in [5, 5.41) is 0. The topological polar surface area (TPSA) is 23.6 Å². The summed E-state index contributed by atoms with van der Waals surface area (Å²) in [6, 6.07) is 0. The molecule has 0 aliphatic carbocycles. The van der Waals surface area contributed by atoms with Gasteiger partial charge in [-0.25, -0.2) is 0 Å². The van der Waals surface area contributed by atoms with Crippen LogP contribution in [-0.4, -0.2) is 42.0 Å². The molecule has 0 aromatic rings. The third kappa shape index (κ3) is 2.47. The van der Waals surface area contributed by atoms with Crippen LogP contribution in [0.1, 0.15) is 38.5 Å². The zero-order chi connectivity index (χ0) is 9.80. The summed E-state index contributed by atoms with van der Waals surface area (Å²) in [5.41, 5.74) is 0. The molecule has 2 aliphatic heterocycles. The van der Waals surface area contributed by atoms with Gasteiger partial charge in [-0.1, -0.05) is 6.42 Å². The van der Waals surface area contributed by atoms with E-state index in [4.69, 9.17) is 0 Å². The van der Waals surface area contributed by atoms with Crippen molar-refractivity contribution in [2.75, 3.05) is 26.3 Å². The van der Waals surface area contributed by atoms with Crippen molar-refractivity contribution in [1.82, 2.24) is 9.80 Å². The van der Waals surface area contributed by atoms with Crippen LogP contribution in [0.5, 0.6) is 0 Å². The van der Waals surface area contributed by atoms with Crippen molar-refractivity contribution in [3.8, 4) is 0 Å². The lowest BCUT2D eigenvalue weighted by atomic mass is 10.1. The Bertz CT molecular complexity index is 199. The van der Waals surface area contributed by atoms with E-state index < -0.39 is 0 Å². The first-order valence-electron chi connectivity index (χ1n) is 5.86. The quantitative estimate of drug-likeness (QED) is 0.667. The highest BCUT2D eigenvalue weighted by atomic mass is 16.2. The van der Waals surface area contributed by atoms with Gasteiger partial charge in [0.05, 0.1) is 6.67 Å². The normalized spacial score (nSPS) is 25.4. The van der Waals surface area contributed by atoms with Gasteiger partial charge in [-0.15, -0.1) is 0 Å². The highest BCUT2D eigenvalue weighted by Crippen LogP contribution is 2.14. The molecule has 0 N–H and O–H groups in total. The minimum absolute atomic E-state index is 0.363. The maximum Gasteiger partial charge on any atom is 0.223 e. The van der Waals surface area contributed by atoms with Gasteiger partial charge in [-0.3, -0.25) is 9.69 Å². The fourth-order valence-electron chi connectivity index (χ4n) is 2.35. The number of hydrogen-bond donors (Lipinski definition) is 0. The smallest absolute Gasteiger partial charge is 0.223 e. The molecule has 2 saturated heterocycles. The van der Waals surface area contributed by atoms with Gasteiger partial charge in [0.2, 0.25) is 5.91 Å². The van der Waals surface area contributed by atoms with Crippen LogP contribution in [0.15, 0.2) is 0 Å². The van der Waals surface area contributed by atoms with Crippen LogP contribution in [0.25, 0.3) is 0 Å². The molecule has 1 amide bonds. The second-order valence-electron chi connectivity index (χ2n) is 4.43. The van der Waals surface area contributed by atoms with E-state index in [9.17, 15) is 4.79 Å². The lowest BCUT2D eigenvalue weighted by molar-refractivity contribution is -0.135. The highest BCUT2D eigenvalue weighted by Gasteiger charge is 2.20. The molecule has 3 nitrogen and oxygen atoms in total. The predicted molar refractivity (Wildman–Crippen MR) is 55.9 cm³/mol. The first-order chi connectivity index (χ1) is 6.86. The Morgan fingerprint density at radius 1 is 0.929 bits per heavy atom. The Kier molecular flexibility index (Phi) is 3.40. The summed E-state index contributed by atoms with van der Waals surface area (Å²) in [4.78, 5) is 16.0. The third-order valence-corrected chi connectivity index (χ3v) is 3.24. The highest BCUT2D eigenvalue weighted by molar-refractivity contribution is 5.76. The summed E-state index contributed by atoms with van der Waals surface area (Å²) in [6.07, 6.45) is 7.04. The lowest BCUT2D eigenvalue weighted by Crippen LogP contribution is -2.45. The fraction of sp³-hybridized carbons (Fsp3) is 0.909. The molecule has 3 heteroatoms. The molecule has 80 valence electrons. The van der Waals surface area contributed by atoms with Gasteiger partial charge in [-0.2, -0.15) is 0 Å². The molecule has 0 radical (unpaired) electrons. The summed E-state index contributed by atoms with van der Waals surface area (Å²) in [7, 11) is 0. The lowest BCUT2D eigenvalue weighted by Gasteiger charge is -2.34. The van der Waals surface area contributed by atoms with E-state index in [0.29, 0.717) is 5.91 Å². The number of hydrogen-bond acceptors (Lipinski definition) is 2. The van der Waals surface area contributed by atoms with E-state index in [1.54, 1.807) is 0 Å². The molecule has 2 fully saturated rings. The maximum absolute atomic E-state index is 11.6. The average Bonchev–Trinajstić information content (AvgIpc) is 2.23. The van der Waals surface area contributed by atoms with Crippen LogP contribution in [0.2, 0.25) is 0 Å². The molecule has 0 unspecified atom stereocenters. The molecule has 14 heavy (non-hydrogen) atoms. The molecular formula is C11H20N2O. The second kappa shape index (κ2) is 4.78. The molecular weight excluding hydrogens is 176 g/mol. The number of piperidine rings is 2. The van der Waals surface area contributed by atoms with Gasteiger partial charge in [0, 0.05) is 13.0 Å². The molecule has 0 aromatic carbocycles. The average molecular weight is 196 g/mol.